The number of hydrogen-bond donors (Lipinski definition) is 2. The first-order chi connectivity index (χ1) is 12.0. The van der Waals surface area contributed by atoms with Crippen molar-refractivity contribution in [1.82, 2.24) is 10.9 Å². The Labute approximate surface area is 156 Å². The average Bonchev–Trinajstić information content (AvgIpc) is 2.57. The van der Waals surface area contributed by atoms with E-state index in [1.165, 1.54) is 25.3 Å². The molecule has 0 spiro atoms. The van der Waals surface area contributed by atoms with Gasteiger partial charge in [-0.2, -0.15) is 0 Å². The molecule has 0 atom stereocenters. The van der Waals surface area contributed by atoms with Crippen molar-refractivity contribution < 1.29 is 9.59 Å². The zero-order valence-electron chi connectivity index (χ0n) is 14.1. The monoisotopic (exact) mass is 402 g/mol. The summed E-state index contributed by atoms with van der Waals surface area (Å²) >= 11 is 3.45. The Balaban J connectivity index is 1.34. The first-order valence-corrected chi connectivity index (χ1v) is 9.86. The molecule has 4 saturated carbocycles. The van der Waals surface area contributed by atoms with E-state index in [1.54, 1.807) is 6.08 Å². The number of halogens is 1. The summed E-state index contributed by atoms with van der Waals surface area (Å²) in [5.74, 6) is 1.83. The van der Waals surface area contributed by atoms with Crippen LogP contribution in [0.3, 0.4) is 0 Å². The molecule has 0 heterocycles. The molecule has 0 aromatic heterocycles. The first kappa shape index (κ1) is 16.8. The van der Waals surface area contributed by atoms with Crippen LogP contribution in [0, 0.1) is 23.2 Å². The van der Waals surface area contributed by atoms with Crippen molar-refractivity contribution in [2.24, 2.45) is 23.2 Å². The summed E-state index contributed by atoms with van der Waals surface area (Å²) in [5.41, 5.74) is 5.92. The fourth-order valence-electron chi connectivity index (χ4n) is 5.46. The Kier molecular flexibility index (Phi) is 4.44. The minimum absolute atomic E-state index is 0.00856. The number of nitrogens with one attached hydrogen (secondary N) is 2. The van der Waals surface area contributed by atoms with Gasteiger partial charge in [0.25, 0.3) is 5.91 Å². The van der Waals surface area contributed by atoms with E-state index < -0.39 is 0 Å². The normalized spacial score (nSPS) is 32.8. The lowest BCUT2D eigenvalue weighted by atomic mass is 9.49. The van der Waals surface area contributed by atoms with Crippen molar-refractivity contribution in [3.63, 3.8) is 0 Å². The predicted molar refractivity (Wildman–Crippen MR) is 100 cm³/mol. The molecule has 0 saturated heterocycles. The zero-order valence-corrected chi connectivity index (χ0v) is 15.7. The quantitative estimate of drug-likeness (QED) is 0.596. The molecule has 4 fully saturated rings. The van der Waals surface area contributed by atoms with E-state index >= 15 is 0 Å². The largest absolute Gasteiger partial charge is 0.273 e. The molecule has 132 valence electrons. The van der Waals surface area contributed by atoms with Crippen LogP contribution in [0.25, 0.3) is 6.08 Å². The van der Waals surface area contributed by atoms with E-state index in [2.05, 4.69) is 26.8 Å². The lowest BCUT2D eigenvalue weighted by molar-refractivity contribution is -0.148. The molecule has 2 amide bonds. The summed E-state index contributed by atoms with van der Waals surface area (Å²) in [5, 5.41) is 0. The van der Waals surface area contributed by atoms with Gasteiger partial charge in [-0.1, -0.05) is 34.1 Å². The maximum atomic E-state index is 12.8. The second kappa shape index (κ2) is 6.60. The van der Waals surface area contributed by atoms with Crippen molar-refractivity contribution in [1.29, 1.82) is 0 Å². The summed E-state index contributed by atoms with van der Waals surface area (Å²) in [4.78, 5) is 24.8. The smallest absolute Gasteiger partial charge is 0.262 e. The molecule has 1 aromatic carbocycles. The number of carbonyl (C=O) groups excluding carboxylic acids is 2. The summed E-state index contributed by atoms with van der Waals surface area (Å²) < 4.78 is 0.927. The van der Waals surface area contributed by atoms with Crippen molar-refractivity contribution in [3.05, 3.63) is 40.4 Å². The molecule has 4 aliphatic rings. The minimum Gasteiger partial charge on any atom is -0.273 e. The molecule has 4 nitrogen and oxygen atoms in total. The number of hydrazine groups is 1. The van der Waals surface area contributed by atoms with Crippen LogP contribution < -0.4 is 10.9 Å². The molecule has 4 aliphatic carbocycles. The molecular formula is C20H23BrN2O2. The van der Waals surface area contributed by atoms with Crippen molar-refractivity contribution in [2.45, 2.75) is 38.5 Å². The van der Waals surface area contributed by atoms with Gasteiger partial charge in [-0.3, -0.25) is 20.4 Å². The SMILES string of the molecule is O=C(/C=C\c1ccccc1Br)NNC(=O)C12CC3CC(CC(C3)C1)C2. The maximum Gasteiger partial charge on any atom is 0.262 e. The molecule has 25 heavy (non-hydrogen) atoms. The van der Waals surface area contributed by atoms with Crippen LogP contribution in [0.1, 0.15) is 44.1 Å². The van der Waals surface area contributed by atoms with Gasteiger partial charge >= 0.3 is 0 Å². The molecule has 4 bridgehead atoms. The molecule has 0 unspecified atom stereocenters. The molecular weight excluding hydrogens is 380 g/mol. The highest BCUT2D eigenvalue weighted by Crippen LogP contribution is 2.59. The van der Waals surface area contributed by atoms with Gasteiger partial charge in [0, 0.05) is 10.5 Å². The van der Waals surface area contributed by atoms with Crippen LogP contribution in [-0.4, -0.2) is 11.8 Å². The van der Waals surface area contributed by atoms with Crippen LogP contribution in [-0.2, 0) is 9.59 Å². The second-order valence-electron chi connectivity index (χ2n) is 8.00. The van der Waals surface area contributed by atoms with Crippen molar-refractivity contribution in [2.75, 3.05) is 0 Å². The zero-order chi connectivity index (χ0) is 17.4. The maximum absolute atomic E-state index is 12.8. The molecule has 0 radical (unpaired) electrons. The van der Waals surface area contributed by atoms with Gasteiger partial charge in [0.15, 0.2) is 0 Å². The van der Waals surface area contributed by atoms with Gasteiger partial charge in [-0.25, -0.2) is 0 Å². The molecule has 5 rings (SSSR count). The van der Waals surface area contributed by atoms with Gasteiger partial charge < -0.3 is 0 Å². The van der Waals surface area contributed by atoms with Crippen molar-refractivity contribution in [3.8, 4) is 0 Å². The van der Waals surface area contributed by atoms with E-state index in [-0.39, 0.29) is 17.2 Å². The van der Waals surface area contributed by atoms with E-state index in [1.807, 2.05) is 24.3 Å². The Bertz CT molecular complexity index is 693. The third kappa shape index (κ3) is 3.39. The topological polar surface area (TPSA) is 58.2 Å². The summed E-state index contributed by atoms with van der Waals surface area (Å²) in [6.07, 6.45) is 10.1. The third-order valence-electron chi connectivity index (χ3n) is 6.14. The van der Waals surface area contributed by atoms with Crippen LogP contribution in [0.5, 0.6) is 0 Å². The highest BCUT2D eigenvalue weighted by molar-refractivity contribution is 9.10. The Morgan fingerprint density at radius 1 is 1.00 bits per heavy atom. The van der Waals surface area contributed by atoms with E-state index in [4.69, 9.17) is 0 Å². The van der Waals surface area contributed by atoms with Crippen LogP contribution in [0.15, 0.2) is 34.8 Å². The van der Waals surface area contributed by atoms with Gasteiger partial charge in [0.2, 0.25) is 5.91 Å². The highest BCUT2D eigenvalue weighted by atomic mass is 79.9. The third-order valence-corrected chi connectivity index (χ3v) is 6.86. The first-order valence-electron chi connectivity index (χ1n) is 9.07. The van der Waals surface area contributed by atoms with Crippen LogP contribution in [0.4, 0.5) is 0 Å². The summed E-state index contributed by atoms with van der Waals surface area (Å²) in [6, 6.07) is 7.68. The van der Waals surface area contributed by atoms with Gasteiger partial charge in [-0.05, 0) is 74.0 Å². The number of amides is 2. The molecule has 1 aromatic rings. The van der Waals surface area contributed by atoms with E-state index in [9.17, 15) is 9.59 Å². The van der Waals surface area contributed by atoms with E-state index in [0.29, 0.717) is 17.8 Å². The summed E-state index contributed by atoms with van der Waals surface area (Å²) in [7, 11) is 0. The van der Waals surface area contributed by atoms with Crippen LogP contribution in [0.2, 0.25) is 0 Å². The lowest BCUT2D eigenvalue weighted by Crippen LogP contribution is -2.56. The van der Waals surface area contributed by atoms with E-state index in [0.717, 1.165) is 29.3 Å². The fourth-order valence-corrected chi connectivity index (χ4v) is 5.87. The standard InChI is InChI=1S/C20H23BrN2O2/c21-17-4-2-1-3-16(17)5-6-18(24)22-23-19(25)20-10-13-7-14(11-20)9-15(8-13)12-20/h1-6,13-15H,7-12H2,(H,22,24)(H,23,25)/b6-5-. The summed E-state index contributed by atoms with van der Waals surface area (Å²) in [6.45, 7) is 0. The minimum atomic E-state index is -0.311. The molecule has 2 N–H and O–H groups in total. The second-order valence-corrected chi connectivity index (χ2v) is 8.85. The number of rotatable bonds is 3. The average molecular weight is 403 g/mol. The van der Waals surface area contributed by atoms with Gasteiger partial charge in [0.05, 0.1) is 5.41 Å². The Hall–Kier alpha value is -1.62. The van der Waals surface area contributed by atoms with Gasteiger partial charge in [0.1, 0.15) is 0 Å². The predicted octanol–water partition coefficient (Wildman–Crippen LogP) is 3.83. The molecule has 0 aliphatic heterocycles. The lowest BCUT2D eigenvalue weighted by Gasteiger charge is -2.55. The number of hydrogen-bond acceptors (Lipinski definition) is 2. The van der Waals surface area contributed by atoms with Crippen molar-refractivity contribution >= 4 is 33.8 Å². The number of carbonyl (C=O) groups is 2. The Morgan fingerprint density at radius 2 is 1.60 bits per heavy atom. The van der Waals surface area contributed by atoms with Gasteiger partial charge in [-0.15, -0.1) is 0 Å². The highest BCUT2D eigenvalue weighted by Gasteiger charge is 2.54. The fraction of sp³-hybridized carbons (Fsp3) is 0.500. The number of benzene rings is 1. The molecule has 5 heteroatoms. The Morgan fingerprint density at radius 3 is 2.20 bits per heavy atom. The van der Waals surface area contributed by atoms with Crippen LogP contribution >= 0.6 is 15.9 Å².